The quantitative estimate of drug-likeness (QED) is 0.635. The normalized spacial score (nSPS) is 21.3. The van der Waals surface area contributed by atoms with Crippen LogP contribution >= 0.6 is 0 Å². The molecule has 1 heterocycles. The van der Waals surface area contributed by atoms with Crippen LogP contribution in [0.25, 0.3) is 0 Å². The molecule has 5 nitrogen and oxygen atoms in total. The second-order valence-corrected chi connectivity index (χ2v) is 3.65. The Morgan fingerprint density at radius 1 is 1.60 bits per heavy atom. The second-order valence-electron chi connectivity index (χ2n) is 3.65. The fourth-order valence-electron chi connectivity index (χ4n) is 1.79. The fraction of sp³-hybridized carbons (Fsp3) is 0.600. The number of hydrogen-bond acceptors (Lipinski definition) is 3. The minimum Gasteiger partial charge on any atom is -0.478 e. The third kappa shape index (κ3) is 2.79. The highest BCUT2D eigenvalue weighted by atomic mass is 16.4. The number of likely N-dealkylation sites (N-methyl/N-ethyl adjacent to an activating group) is 1. The number of carbonyl (C=O) groups is 2. The van der Waals surface area contributed by atoms with Crippen LogP contribution in [0.4, 0.5) is 0 Å². The lowest BCUT2D eigenvalue weighted by atomic mass is 10.2. The number of rotatable bonds is 4. The summed E-state index contributed by atoms with van der Waals surface area (Å²) >= 11 is 0. The molecule has 5 heteroatoms. The Labute approximate surface area is 88.8 Å². The van der Waals surface area contributed by atoms with Crippen molar-refractivity contribution < 1.29 is 14.7 Å². The molecule has 1 fully saturated rings. The first-order valence-corrected chi connectivity index (χ1v) is 4.93. The maximum absolute atomic E-state index is 11.4. The van der Waals surface area contributed by atoms with E-state index in [-0.39, 0.29) is 24.1 Å². The van der Waals surface area contributed by atoms with E-state index in [0.717, 1.165) is 19.4 Å². The van der Waals surface area contributed by atoms with Gasteiger partial charge in [-0.2, -0.15) is 0 Å². The zero-order chi connectivity index (χ0) is 11.4. The van der Waals surface area contributed by atoms with E-state index in [1.54, 1.807) is 7.05 Å². The number of amides is 1. The van der Waals surface area contributed by atoms with Gasteiger partial charge in [-0.15, -0.1) is 0 Å². The van der Waals surface area contributed by atoms with Crippen LogP contribution in [0.15, 0.2) is 12.2 Å². The van der Waals surface area contributed by atoms with Crippen LogP contribution in [-0.2, 0) is 9.59 Å². The molecule has 0 aliphatic carbocycles. The maximum Gasteiger partial charge on any atom is 0.332 e. The molecule has 84 valence electrons. The monoisotopic (exact) mass is 212 g/mol. The molecule has 0 aromatic rings. The topological polar surface area (TPSA) is 69.6 Å². The maximum atomic E-state index is 11.4. The van der Waals surface area contributed by atoms with E-state index in [4.69, 9.17) is 5.11 Å². The van der Waals surface area contributed by atoms with Crippen LogP contribution in [0, 0.1) is 0 Å². The van der Waals surface area contributed by atoms with Gasteiger partial charge >= 0.3 is 5.97 Å². The molecule has 0 radical (unpaired) electrons. The highest BCUT2D eigenvalue weighted by molar-refractivity contribution is 5.86. The second kappa shape index (κ2) is 4.93. The van der Waals surface area contributed by atoms with Crippen molar-refractivity contribution in [1.29, 1.82) is 0 Å². The molecule has 1 unspecified atom stereocenters. The van der Waals surface area contributed by atoms with Gasteiger partial charge in [-0.1, -0.05) is 6.58 Å². The van der Waals surface area contributed by atoms with Crippen molar-refractivity contribution in [3.05, 3.63) is 12.2 Å². The number of hydrogen-bond donors (Lipinski definition) is 2. The van der Waals surface area contributed by atoms with Crippen molar-refractivity contribution in [1.82, 2.24) is 10.2 Å². The number of aliphatic carboxylic acids is 1. The molecule has 1 atom stereocenters. The molecular weight excluding hydrogens is 196 g/mol. The van der Waals surface area contributed by atoms with Crippen LogP contribution < -0.4 is 5.32 Å². The van der Waals surface area contributed by atoms with Gasteiger partial charge in [0.25, 0.3) is 0 Å². The summed E-state index contributed by atoms with van der Waals surface area (Å²) in [5.41, 5.74) is 0.130. The van der Waals surface area contributed by atoms with E-state index >= 15 is 0 Å². The molecular formula is C10H16N2O3. The minimum absolute atomic E-state index is 0.0503. The molecule has 1 aliphatic rings. The van der Waals surface area contributed by atoms with Crippen molar-refractivity contribution in [3.63, 3.8) is 0 Å². The van der Waals surface area contributed by atoms with E-state index in [1.165, 1.54) is 0 Å². The Morgan fingerprint density at radius 2 is 2.27 bits per heavy atom. The molecule has 0 aromatic heterocycles. The Kier molecular flexibility index (Phi) is 3.85. The fourth-order valence-corrected chi connectivity index (χ4v) is 1.79. The SMILES string of the molecule is C=C(CN1CCCC1C(=O)NC)C(=O)O. The lowest BCUT2D eigenvalue weighted by molar-refractivity contribution is -0.133. The van der Waals surface area contributed by atoms with E-state index < -0.39 is 5.97 Å². The molecule has 15 heavy (non-hydrogen) atoms. The molecule has 0 saturated carbocycles. The third-order valence-electron chi connectivity index (χ3n) is 2.61. The molecule has 1 aliphatic heterocycles. The van der Waals surface area contributed by atoms with Crippen LogP contribution in [0.5, 0.6) is 0 Å². The van der Waals surface area contributed by atoms with Crippen molar-refractivity contribution in [3.8, 4) is 0 Å². The van der Waals surface area contributed by atoms with E-state index in [0.29, 0.717) is 0 Å². The summed E-state index contributed by atoms with van der Waals surface area (Å²) < 4.78 is 0. The lowest BCUT2D eigenvalue weighted by Gasteiger charge is -2.22. The summed E-state index contributed by atoms with van der Waals surface area (Å²) in [6.45, 7) is 4.48. The van der Waals surface area contributed by atoms with Gasteiger partial charge in [-0.25, -0.2) is 4.79 Å². The first kappa shape index (κ1) is 11.7. The van der Waals surface area contributed by atoms with Crippen molar-refractivity contribution >= 4 is 11.9 Å². The summed E-state index contributed by atoms with van der Waals surface area (Å²) in [6.07, 6.45) is 1.71. The predicted molar refractivity (Wildman–Crippen MR) is 55.4 cm³/mol. The first-order valence-electron chi connectivity index (χ1n) is 4.93. The zero-order valence-electron chi connectivity index (χ0n) is 8.82. The molecule has 0 spiro atoms. The Hall–Kier alpha value is -1.36. The van der Waals surface area contributed by atoms with Crippen molar-refractivity contribution in [2.45, 2.75) is 18.9 Å². The largest absolute Gasteiger partial charge is 0.478 e. The molecule has 1 rings (SSSR count). The molecule has 2 N–H and O–H groups in total. The first-order chi connectivity index (χ1) is 7.06. The van der Waals surface area contributed by atoms with Crippen LogP contribution in [-0.4, -0.2) is 48.1 Å². The summed E-state index contributed by atoms with van der Waals surface area (Å²) in [7, 11) is 1.59. The molecule has 1 saturated heterocycles. The van der Waals surface area contributed by atoms with Crippen LogP contribution in [0.1, 0.15) is 12.8 Å². The number of carboxylic acids is 1. The standard InChI is InChI=1S/C10H16N2O3/c1-7(10(14)15)6-12-5-3-4-8(12)9(13)11-2/h8H,1,3-6H2,2H3,(H,11,13)(H,14,15). The predicted octanol–water partition coefficient (Wildman–Crippen LogP) is -0.162. The van der Waals surface area contributed by atoms with Crippen molar-refractivity contribution in [2.75, 3.05) is 20.1 Å². The van der Waals surface area contributed by atoms with Crippen LogP contribution in [0.3, 0.4) is 0 Å². The Balaban J connectivity index is 2.57. The van der Waals surface area contributed by atoms with Gasteiger partial charge in [-0.3, -0.25) is 9.69 Å². The number of nitrogens with zero attached hydrogens (tertiary/aromatic N) is 1. The van der Waals surface area contributed by atoms with E-state index in [1.807, 2.05) is 4.90 Å². The number of carboxylic acid groups (broad SMARTS) is 1. The van der Waals surface area contributed by atoms with Gasteiger partial charge in [-0.05, 0) is 19.4 Å². The van der Waals surface area contributed by atoms with Crippen LogP contribution in [0.2, 0.25) is 0 Å². The van der Waals surface area contributed by atoms with Crippen molar-refractivity contribution in [2.24, 2.45) is 0 Å². The van der Waals surface area contributed by atoms with Gasteiger partial charge in [0.15, 0.2) is 0 Å². The lowest BCUT2D eigenvalue weighted by Crippen LogP contribution is -2.43. The average molecular weight is 212 g/mol. The van der Waals surface area contributed by atoms with E-state index in [2.05, 4.69) is 11.9 Å². The van der Waals surface area contributed by atoms with Gasteiger partial charge in [0.2, 0.25) is 5.91 Å². The summed E-state index contributed by atoms with van der Waals surface area (Å²) in [6, 6.07) is -0.203. The number of carbonyl (C=O) groups excluding carboxylic acids is 1. The summed E-state index contributed by atoms with van der Waals surface area (Å²) in [4.78, 5) is 23.9. The van der Waals surface area contributed by atoms with Gasteiger partial charge < -0.3 is 10.4 Å². The number of nitrogens with one attached hydrogen (secondary N) is 1. The minimum atomic E-state index is -1.00. The Morgan fingerprint density at radius 3 is 2.80 bits per heavy atom. The third-order valence-corrected chi connectivity index (χ3v) is 2.61. The Bertz CT molecular complexity index is 288. The summed E-state index contributed by atoms with van der Waals surface area (Å²) in [5.74, 6) is -1.05. The highest BCUT2D eigenvalue weighted by Gasteiger charge is 2.30. The number of likely N-dealkylation sites (tertiary alicyclic amines) is 1. The average Bonchev–Trinajstić information content (AvgIpc) is 2.64. The molecule has 0 aromatic carbocycles. The van der Waals surface area contributed by atoms with Gasteiger partial charge in [0.1, 0.15) is 0 Å². The van der Waals surface area contributed by atoms with Gasteiger partial charge in [0.05, 0.1) is 6.04 Å². The zero-order valence-corrected chi connectivity index (χ0v) is 8.82. The summed E-state index contributed by atoms with van der Waals surface area (Å²) in [5, 5.41) is 11.3. The molecule has 0 bridgehead atoms. The highest BCUT2D eigenvalue weighted by Crippen LogP contribution is 2.18. The molecule has 1 amide bonds. The van der Waals surface area contributed by atoms with E-state index in [9.17, 15) is 9.59 Å². The van der Waals surface area contributed by atoms with Gasteiger partial charge in [0, 0.05) is 19.2 Å². The smallest absolute Gasteiger partial charge is 0.332 e.